The first-order valence-corrected chi connectivity index (χ1v) is 15.5. The van der Waals surface area contributed by atoms with Crippen LogP contribution < -0.4 is 21.7 Å². The number of hydrogen-bond acceptors (Lipinski definition) is 9. The molecule has 0 saturated carbocycles. The van der Waals surface area contributed by atoms with Gasteiger partial charge in [-0.3, -0.25) is 19.3 Å². The van der Waals surface area contributed by atoms with Gasteiger partial charge in [0.05, 0.1) is 24.6 Å². The summed E-state index contributed by atoms with van der Waals surface area (Å²) in [4.78, 5) is 54.9. The number of rotatable bonds is 11. The molecule has 0 aliphatic carbocycles. The van der Waals surface area contributed by atoms with Gasteiger partial charge in [-0.15, -0.1) is 11.3 Å². The van der Waals surface area contributed by atoms with Crippen LogP contribution in [0.3, 0.4) is 0 Å². The van der Waals surface area contributed by atoms with Crippen molar-refractivity contribution in [1.82, 2.24) is 24.3 Å². The first kappa shape index (κ1) is 37.0. The Morgan fingerprint density at radius 3 is 2.06 bits per heavy atom. The highest BCUT2D eigenvalue weighted by molar-refractivity contribution is 7.15. The number of hydrogen-bond donors (Lipinski definition) is 5. The van der Waals surface area contributed by atoms with E-state index >= 15 is 0 Å². The number of carboxylic acids is 1. The van der Waals surface area contributed by atoms with E-state index < -0.39 is 12.1 Å². The number of carbonyl (C=O) groups excluding carboxylic acids is 3. The Morgan fingerprint density at radius 1 is 1.00 bits per heavy atom. The smallest absolute Gasteiger partial charge is 0.475 e. The fourth-order valence-corrected chi connectivity index (χ4v) is 5.33. The van der Waals surface area contributed by atoms with Gasteiger partial charge >= 0.3 is 12.1 Å². The molecule has 0 aromatic carbocycles. The highest BCUT2D eigenvalue weighted by atomic mass is 32.1. The number of halogens is 3. The van der Waals surface area contributed by atoms with Crippen molar-refractivity contribution >= 4 is 51.5 Å². The lowest BCUT2D eigenvalue weighted by molar-refractivity contribution is -0.192. The summed E-state index contributed by atoms with van der Waals surface area (Å²) in [5, 5.41) is 16.1. The lowest BCUT2D eigenvalue weighted by Crippen LogP contribution is -2.41. The first-order valence-electron chi connectivity index (χ1n) is 14.6. The highest BCUT2D eigenvalue weighted by Crippen LogP contribution is 2.25. The lowest BCUT2D eigenvalue weighted by atomic mass is 10.1. The molecule has 1 fully saturated rings. The average Bonchev–Trinajstić information content (AvgIpc) is 3.67. The number of alkyl halides is 3. The molecule has 3 amide bonds. The van der Waals surface area contributed by atoms with E-state index in [4.69, 9.17) is 20.4 Å². The number of aryl methyl sites for hydroxylation is 3. The molecular weight excluding hydrogens is 645 g/mol. The number of morpholine rings is 1. The maximum absolute atomic E-state index is 13.1. The standard InChI is InChI=1S/C27H38N8O4S.C2HF3O2/c1-17(2)5-6-22-23(32-27(28)40-22)26(38)31-19-14-21(34(4)16-19)25(37)30-18-13-20(33(3)15-18)24(36)29-7-8-35-9-11-39-12-10-35;3-2(4,5)1(6)7/h13-17H,5-12H2,1-4H3,(H2,28,32)(H,29,36)(H,30,37)(H,31,38);(H,6,7). The van der Waals surface area contributed by atoms with E-state index in [0.29, 0.717) is 59.3 Å². The van der Waals surface area contributed by atoms with Gasteiger partial charge in [-0.1, -0.05) is 13.8 Å². The van der Waals surface area contributed by atoms with Gasteiger partial charge in [0.25, 0.3) is 17.7 Å². The van der Waals surface area contributed by atoms with Crippen molar-refractivity contribution in [1.29, 1.82) is 0 Å². The molecule has 3 aromatic rings. The maximum Gasteiger partial charge on any atom is 0.490 e. The molecule has 18 heteroatoms. The van der Waals surface area contributed by atoms with Gasteiger partial charge in [0.1, 0.15) is 17.1 Å². The largest absolute Gasteiger partial charge is 0.490 e. The number of carboxylic acid groups (broad SMARTS) is 1. The van der Waals surface area contributed by atoms with Crippen LogP contribution >= 0.6 is 11.3 Å². The molecule has 0 unspecified atom stereocenters. The molecule has 47 heavy (non-hydrogen) atoms. The van der Waals surface area contributed by atoms with Gasteiger partial charge in [0.15, 0.2) is 5.13 Å². The van der Waals surface area contributed by atoms with E-state index in [-0.39, 0.29) is 17.7 Å². The molecule has 1 saturated heterocycles. The Kier molecular flexibility index (Phi) is 12.9. The van der Waals surface area contributed by atoms with E-state index in [1.807, 2.05) is 0 Å². The Balaban J connectivity index is 0.000000771. The second kappa shape index (κ2) is 16.4. The molecule has 4 heterocycles. The minimum Gasteiger partial charge on any atom is -0.475 e. The molecule has 0 spiro atoms. The van der Waals surface area contributed by atoms with Crippen molar-refractivity contribution in [3.63, 3.8) is 0 Å². The normalized spacial score (nSPS) is 13.5. The number of ether oxygens (including phenoxy) is 1. The summed E-state index contributed by atoms with van der Waals surface area (Å²) in [6.07, 6.45) is -0.0853. The van der Waals surface area contributed by atoms with Gasteiger partial charge in [-0.25, -0.2) is 9.78 Å². The fraction of sp³-hybridized carbons (Fsp3) is 0.483. The second-order valence-electron chi connectivity index (χ2n) is 11.1. The monoisotopic (exact) mass is 684 g/mol. The van der Waals surface area contributed by atoms with Gasteiger partial charge < -0.3 is 40.7 Å². The number of anilines is 3. The van der Waals surface area contributed by atoms with Crippen molar-refractivity contribution < 1.29 is 42.2 Å². The van der Waals surface area contributed by atoms with Gasteiger partial charge in [-0.2, -0.15) is 13.2 Å². The molecule has 258 valence electrons. The van der Waals surface area contributed by atoms with Crippen LogP contribution in [0, 0.1) is 5.92 Å². The quantitative estimate of drug-likeness (QED) is 0.202. The zero-order chi connectivity index (χ0) is 34.9. The summed E-state index contributed by atoms with van der Waals surface area (Å²) in [6, 6.07) is 3.23. The van der Waals surface area contributed by atoms with E-state index in [1.165, 1.54) is 11.3 Å². The molecule has 0 radical (unpaired) electrons. The van der Waals surface area contributed by atoms with E-state index in [9.17, 15) is 27.6 Å². The topological polar surface area (TPSA) is 186 Å². The number of thiazole rings is 1. The Hall–Kier alpha value is -4.42. The molecule has 6 N–H and O–H groups in total. The van der Waals surface area contributed by atoms with Crippen LogP contribution in [0.2, 0.25) is 0 Å². The molecule has 1 aliphatic heterocycles. The summed E-state index contributed by atoms with van der Waals surface area (Å²) in [5.41, 5.74) is 7.93. The number of aromatic nitrogens is 3. The Labute approximate surface area is 273 Å². The number of nitrogen functional groups attached to an aromatic ring is 1. The molecule has 1 aliphatic rings. The summed E-state index contributed by atoms with van der Waals surface area (Å²) >= 11 is 1.32. The SMILES string of the molecule is CC(C)CCc1sc(N)nc1C(=O)Nc1cc(C(=O)Nc2cc(C(=O)NCCN3CCOCC3)n(C)c2)n(C)c1.O=C(O)C(F)(F)F. The third-order valence-corrected chi connectivity index (χ3v) is 7.87. The molecule has 0 bridgehead atoms. The zero-order valence-corrected chi connectivity index (χ0v) is 27.3. The summed E-state index contributed by atoms with van der Waals surface area (Å²) in [5.74, 6) is -3.21. The van der Waals surface area contributed by atoms with Gasteiger partial charge in [0, 0.05) is 57.5 Å². The molecular formula is C29H39F3N8O6S. The molecule has 0 atom stereocenters. The summed E-state index contributed by atoms with van der Waals surface area (Å²) in [7, 11) is 3.47. The number of aliphatic carboxylic acids is 1. The average molecular weight is 685 g/mol. The van der Waals surface area contributed by atoms with Crippen LogP contribution in [0.25, 0.3) is 0 Å². The predicted octanol–water partition coefficient (Wildman–Crippen LogP) is 3.19. The number of amides is 3. The van der Waals surface area contributed by atoms with Crippen molar-refractivity contribution in [2.24, 2.45) is 20.0 Å². The van der Waals surface area contributed by atoms with E-state index in [2.05, 4.69) is 39.7 Å². The van der Waals surface area contributed by atoms with Crippen molar-refractivity contribution in [3.05, 3.63) is 46.5 Å². The highest BCUT2D eigenvalue weighted by Gasteiger charge is 2.38. The van der Waals surface area contributed by atoms with E-state index in [1.54, 1.807) is 47.8 Å². The Morgan fingerprint density at radius 2 is 1.53 bits per heavy atom. The van der Waals surface area contributed by atoms with Crippen LogP contribution in [0.15, 0.2) is 24.5 Å². The number of carbonyl (C=O) groups is 4. The second-order valence-corrected chi connectivity index (χ2v) is 12.2. The van der Waals surface area contributed by atoms with Crippen LogP contribution in [-0.4, -0.2) is 93.4 Å². The van der Waals surface area contributed by atoms with Gasteiger partial charge in [0.2, 0.25) is 0 Å². The van der Waals surface area contributed by atoms with Crippen molar-refractivity contribution in [3.8, 4) is 0 Å². The predicted molar refractivity (Wildman–Crippen MR) is 170 cm³/mol. The number of nitrogens with one attached hydrogen (secondary N) is 3. The van der Waals surface area contributed by atoms with Crippen molar-refractivity contribution in [2.45, 2.75) is 32.9 Å². The molecule has 3 aromatic heterocycles. The number of nitrogens with two attached hydrogens (primary N) is 1. The lowest BCUT2D eigenvalue weighted by Gasteiger charge is -2.26. The fourth-order valence-electron chi connectivity index (χ4n) is 4.48. The van der Waals surface area contributed by atoms with Crippen LogP contribution in [0.4, 0.5) is 29.7 Å². The zero-order valence-electron chi connectivity index (χ0n) is 26.4. The minimum atomic E-state index is -5.08. The third kappa shape index (κ3) is 11.1. The number of nitrogens with zero attached hydrogens (tertiary/aromatic N) is 4. The van der Waals surface area contributed by atoms with E-state index in [0.717, 1.165) is 37.4 Å². The van der Waals surface area contributed by atoms with Gasteiger partial charge in [-0.05, 0) is 30.9 Å². The van der Waals surface area contributed by atoms with Crippen molar-refractivity contribution in [2.75, 3.05) is 55.8 Å². The minimum absolute atomic E-state index is 0.212. The van der Waals surface area contributed by atoms with Crippen LogP contribution in [0.1, 0.15) is 56.6 Å². The van der Waals surface area contributed by atoms with Crippen LogP contribution in [0.5, 0.6) is 0 Å². The van der Waals surface area contributed by atoms with Crippen LogP contribution in [-0.2, 0) is 30.0 Å². The third-order valence-electron chi connectivity index (χ3n) is 6.93. The summed E-state index contributed by atoms with van der Waals surface area (Å²) in [6.45, 7) is 8.67. The maximum atomic E-state index is 13.1. The Bertz CT molecular complexity index is 1560. The summed E-state index contributed by atoms with van der Waals surface area (Å²) < 4.78 is 40.4. The molecule has 4 rings (SSSR count). The molecule has 14 nitrogen and oxygen atoms in total. The first-order chi connectivity index (χ1) is 22.0.